The third-order valence-corrected chi connectivity index (χ3v) is 3.90. The molecule has 0 bridgehead atoms. The van der Waals surface area contributed by atoms with Gasteiger partial charge in [-0.05, 0) is 42.3 Å². The molecule has 0 spiro atoms. The molecule has 5 nitrogen and oxygen atoms in total. The average Bonchev–Trinajstić information content (AvgIpc) is 2.77. The van der Waals surface area contributed by atoms with Gasteiger partial charge < -0.3 is 5.32 Å². The molecule has 0 fully saturated rings. The molecule has 1 aliphatic heterocycles. The lowest BCUT2D eigenvalue weighted by Gasteiger charge is -2.06. The molecular formula is C18H15FN2O3. The largest absolute Gasteiger partial charge is 0.326 e. The summed E-state index contributed by atoms with van der Waals surface area (Å²) in [7, 11) is 1.42. The van der Waals surface area contributed by atoms with Crippen LogP contribution in [0.4, 0.5) is 10.1 Å². The van der Waals surface area contributed by atoms with Gasteiger partial charge in [0.25, 0.3) is 11.8 Å². The zero-order chi connectivity index (χ0) is 17.3. The molecule has 122 valence electrons. The first kappa shape index (κ1) is 15.9. The van der Waals surface area contributed by atoms with Gasteiger partial charge in [-0.1, -0.05) is 12.1 Å². The van der Waals surface area contributed by atoms with E-state index < -0.39 is 0 Å². The number of amides is 3. The fraction of sp³-hybridized carbons (Fsp3) is 0.167. The second kappa shape index (κ2) is 6.23. The van der Waals surface area contributed by atoms with Gasteiger partial charge in [-0.25, -0.2) is 4.39 Å². The number of nitrogens with zero attached hydrogens (tertiary/aromatic N) is 1. The second-order valence-corrected chi connectivity index (χ2v) is 5.61. The number of anilines is 1. The monoisotopic (exact) mass is 326 g/mol. The lowest BCUT2D eigenvalue weighted by atomic mass is 10.1. The number of benzene rings is 2. The summed E-state index contributed by atoms with van der Waals surface area (Å²) in [5, 5.41) is 2.69. The highest BCUT2D eigenvalue weighted by Gasteiger charge is 2.32. The molecule has 2 aromatic carbocycles. The lowest BCUT2D eigenvalue weighted by Crippen LogP contribution is -2.24. The molecule has 0 unspecified atom stereocenters. The number of imide groups is 1. The zero-order valence-corrected chi connectivity index (χ0v) is 13.0. The summed E-state index contributed by atoms with van der Waals surface area (Å²) in [4.78, 5) is 36.8. The van der Waals surface area contributed by atoms with Crippen LogP contribution in [-0.4, -0.2) is 29.7 Å². The quantitative estimate of drug-likeness (QED) is 0.878. The predicted molar refractivity (Wildman–Crippen MR) is 86.2 cm³/mol. The Bertz CT molecular complexity index is 848. The minimum absolute atomic E-state index is 0.188. The van der Waals surface area contributed by atoms with Gasteiger partial charge in [0.05, 0.1) is 11.1 Å². The Kier molecular flexibility index (Phi) is 4.12. The van der Waals surface area contributed by atoms with Crippen molar-refractivity contribution >= 4 is 23.4 Å². The van der Waals surface area contributed by atoms with Crippen molar-refractivity contribution in [2.24, 2.45) is 0 Å². The third kappa shape index (κ3) is 3.03. The van der Waals surface area contributed by atoms with E-state index in [9.17, 15) is 18.8 Å². The lowest BCUT2D eigenvalue weighted by molar-refractivity contribution is -0.116. The van der Waals surface area contributed by atoms with Crippen LogP contribution in [0.5, 0.6) is 0 Å². The van der Waals surface area contributed by atoms with Crippen molar-refractivity contribution in [1.29, 1.82) is 0 Å². The Morgan fingerprint density at radius 2 is 1.83 bits per heavy atom. The van der Waals surface area contributed by atoms with Gasteiger partial charge in [0.2, 0.25) is 5.91 Å². The summed E-state index contributed by atoms with van der Waals surface area (Å²) in [6, 6.07) is 10.7. The van der Waals surface area contributed by atoms with Gasteiger partial charge in [-0.2, -0.15) is 0 Å². The third-order valence-electron chi connectivity index (χ3n) is 3.90. The number of nitrogens with one attached hydrogen (secondary N) is 1. The van der Waals surface area contributed by atoms with Crippen molar-refractivity contribution in [3.8, 4) is 0 Å². The number of aryl methyl sites for hydroxylation is 1. The minimum atomic E-state index is -0.383. The van der Waals surface area contributed by atoms with Crippen LogP contribution in [0.2, 0.25) is 0 Å². The van der Waals surface area contributed by atoms with Crippen molar-refractivity contribution in [3.63, 3.8) is 0 Å². The van der Waals surface area contributed by atoms with Gasteiger partial charge in [-0.3, -0.25) is 19.3 Å². The first-order valence-electron chi connectivity index (χ1n) is 7.46. The number of hydrogen-bond acceptors (Lipinski definition) is 3. The van der Waals surface area contributed by atoms with Crippen molar-refractivity contribution in [3.05, 3.63) is 65.0 Å². The molecule has 0 aromatic heterocycles. The molecule has 3 amide bonds. The van der Waals surface area contributed by atoms with E-state index in [0.717, 1.165) is 10.5 Å². The molecule has 2 aromatic rings. The minimum Gasteiger partial charge on any atom is -0.326 e. The van der Waals surface area contributed by atoms with Gasteiger partial charge in [0, 0.05) is 19.2 Å². The number of carbonyl (C=O) groups is 3. The Hall–Kier alpha value is -3.02. The van der Waals surface area contributed by atoms with E-state index in [1.807, 2.05) is 0 Å². The Morgan fingerprint density at radius 3 is 2.58 bits per heavy atom. The Morgan fingerprint density at radius 1 is 1.08 bits per heavy atom. The molecule has 1 N–H and O–H groups in total. The molecule has 1 aliphatic rings. The summed E-state index contributed by atoms with van der Waals surface area (Å²) in [6.45, 7) is 0. The highest BCUT2D eigenvalue weighted by atomic mass is 19.1. The van der Waals surface area contributed by atoms with Crippen LogP contribution < -0.4 is 5.32 Å². The Labute approximate surface area is 138 Å². The molecule has 3 rings (SSSR count). The summed E-state index contributed by atoms with van der Waals surface area (Å²) < 4.78 is 13.1. The molecule has 1 heterocycles. The number of fused-ring (bicyclic) bond motifs is 1. The summed E-state index contributed by atoms with van der Waals surface area (Å²) in [5.41, 5.74) is 1.81. The van der Waals surface area contributed by atoms with Crippen LogP contribution >= 0.6 is 0 Å². The van der Waals surface area contributed by atoms with Crippen molar-refractivity contribution in [2.45, 2.75) is 12.8 Å². The predicted octanol–water partition coefficient (Wildman–Crippen LogP) is 2.62. The van der Waals surface area contributed by atoms with Gasteiger partial charge in [0.1, 0.15) is 5.82 Å². The molecule has 0 radical (unpaired) electrons. The molecule has 0 atom stereocenters. The first-order chi connectivity index (χ1) is 11.5. The van der Waals surface area contributed by atoms with Gasteiger partial charge in [-0.15, -0.1) is 0 Å². The van der Waals surface area contributed by atoms with E-state index in [1.54, 1.807) is 18.2 Å². The normalized spacial score (nSPS) is 13.2. The van der Waals surface area contributed by atoms with E-state index >= 15 is 0 Å². The van der Waals surface area contributed by atoms with Crippen molar-refractivity contribution < 1.29 is 18.8 Å². The smallest absolute Gasteiger partial charge is 0.261 e. The highest BCUT2D eigenvalue weighted by molar-refractivity contribution is 6.21. The Balaban J connectivity index is 1.65. The van der Waals surface area contributed by atoms with Crippen LogP contribution in [0.25, 0.3) is 0 Å². The molecule has 6 heteroatoms. The summed E-state index contributed by atoms with van der Waals surface area (Å²) >= 11 is 0. The van der Waals surface area contributed by atoms with Crippen LogP contribution in [0.3, 0.4) is 0 Å². The maximum absolute atomic E-state index is 13.1. The van der Waals surface area contributed by atoms with Crippen LogP contribution in [0, 0.1) is 5.82 Å². The summed E-state index contributed by atoms with van der Waals surface area (Å²) in [5.74, 6) is -1.31. The average molecular weight is 326 g/mol. The number of hydrogen-bond donors (Lipinski definition) is 1. The van der Waals surface area contributed by atoms with Crippen molar-refractivity contribution in [1.82, 2.24) is 4.90 Å². The zero-order valence-electron chi connectivity index (χ0n) is 13.0. The fourth-order valence-corrected chi connectivity index (χ4v) is 2.61. The molecule has 24 heavy (non-hydrogen) atoms. The van der Waals surface area contributed by atoms with E-state index in [-0.39, 0.29) is 35.5 Å². The topological polar surface area (TPSA) is 66.5 Å². The SMILES string of the molecule is CN1C(=O)c2ccc(NC(=O)CCc3cccc(F)c3)cc2C1=O. The maximum atomic E-state index is 13.1. The molecule has 0 saturated carbocycles. The van der Waals surface area contributed by atoms with Crippen molar-refractivity contribution in [2.75, 3.05) is 12.4 Å². The van der Waals surface area contributed by atoms with Gasteiger partial charge >= 0.3 is 0 Å². The number of rotatable bonds is 4. The van der Waals surface area contributed by atoms with Crippen LogP contribution in [0.1, 0.15) is 32.7 Å². The molecule has 0 aliphatic carbocycles. The van der Waals surface area contributed by atoms with E-state index in [4.69, 9.17) is 0 Å². The fourth-order valence-electron chi connectivity index (χ4n) is 2.61. The first-order valence-corrected chi connectivity index (χ1v) is 7.46. The maximum Gasteiger partial charge on any atom is 0.261 e. The van der Waals surface area contributed by atoms with Gasteiger partial charge in [0.15, 0.2) is 0 Å². The summed E-state index contributed by atoms with van der Waals surface area (Å²) in [6.07, 6.45) is 0.599. The standard InChI is InChI=1S/C18H15FN2O3/c1-21-17(23)14-7-6-13(10-15(14)18(21)24)20-16(22)8-5-11-3-2-4-12(19)9-11/h2-4,6-7,9-10H,5,8H2,1H3,(H,20,22). The molecular weight excluding hydrogens is 311 g/mol. The number of carbonyl (C=O) groups excluding carboxylic acids is 3. The second-order valence-electron chi connectivity index (χ2n) is 5.61. The van der Waals surface area contributed by atoms with Crippen LogP contribution in [-0.2, 0) is 11.2 Å². The highest BCUT2D eigenvalue weighted by Crippen LogP contribution is 2.24. The van der Waals surface area contributed by atoms with E-state index in [2.05, 4.69) is 5.32 Å². The van der Waals surface area contributed by atoms with Crippen LogP contribution in [0.15, 0.2) is 42.5 Å². The van der Waals surface area contributed by atoms with E-state index in [1.165, 1.54) is 31.3 Å². The number of halogens is 1. The molecule has 0 saturated heterocycles. The van der Waals surface area contributed by atoms with E-state index in [0.29, 0.717) is 17.7 Å².